The van der Waals surface area contributed by atoms with E-state index in [1.54, 1.807) is 12.2 Å². The Morgan fingerprint density at radius 3 is 2.58 bits per heavy atom. The molecule has 0 aromatic rings. The summed E-state index contributed by atoms with van der Waals surface area (Å²) in [5, 5.41) is 31.2. The Kier molecular flexibility index (Phi) is 12.0. The first kappa shape index (κ1) is 32.0. The Balaban J connectivity index is 2.13. The van der Waals surface area contributed by atoms with Gasteiger partial charge in [-0.05, 0) is 44.3 Å². The highest BCUT2D eigenvalue weighted by atomic mass is 16.6. The first-order valence-corrected chi connectivity index (χ1v) is 13.6. The first-order chi connectivity index (χ1) is 17.7. The largest absolute Gasteiger partial charge is 0.457 e. The van der Waals surface area contributed by atoms with E-state index < -0.39 is 35.9 Å². The minimum absolute atomic E-state index is 0.100. The van der Waals surface area contributed by atoms with Crippen LogP contribution in [0, 0.1) is 17.8 Å². The van der Waals surface area contributed by atoms with Crippen molar-refractivity contribution in [1.82, 2.24) is 0 Å². The Labute approximate surface area is 227 Å². The van der Waals surface area contributed by atoms with E-state index in [1.807, 2.05) is 39.8 Å². The van der Waals surface area contributed by atoms with Gasteiger partial charge in [0.15, 0.2) is 6.10 Å². The molecule has 38 heavy (non-hydrogen) atoms. The van der Waals surface area contributed by atoms with Gasteiger partial charge in [0.2, 0.25) is 0 Å². The molecular weight excluding hydrogens is 488 g/mol. The van der Waals surface area contributed by atoms with Crippen LogP contribution in [0.4, 0.5) is 0 Å². The molecule has 0 amide bonds. The fourth-order valence-electron chi connectivity index (χ4n) is 4.69. The van der Waals surface area contributed by atoms with Crippen LogP contribution in [0.5, 0.6) is 0 Å². The molecule has 0 aliphatic carbocycles. The van der Waals surface area contributed by atoms with E-state index >= 15 is 0 Å². The Hall–Kier alpha value is -2.26. The molecule has 8 nitrogen and oxygen atoms in total. The minimum Gasteiger partial charge on any atom is -0.457 e. The lowest BCUT2D eigenvalue weighted by atomic mass is 9.92. The summed E-state index contributed by atoms with van der Waals surface area (Å²) in [5.41, 5.74) is -0.779. The summed E-state index contributed by atoms with van der Waals surface area (Å²) in [5.74, 6) is -1.04. The van der Waals surface area contributed by atoms with Crippen LogP contribution in [0.1, 0.15) is 67.7 Å². The molecule has 8 heteroatoms. The third kappa shape index (κ3) is 9.80. The van der Waals surface area contributed by atoms with Gasteiger partial charge in [-0.2, -0.15) is 0 Å². The molecule has 214 valence electrons. The molecule has 10 unspecified atom stereocenters. The van der Waals surface area contributed by atoms with Gasteiger partial charge in [-0.15, -0.1) is 0 Å². The summed E-state index contributed by atoms with van der Waals surface area (Å²) >= 11 is 0. The van der Waals surface area contributed by atoms with E-state index in [1.165, 1.54) is 26.0 Å². The number of epoxide rings is 1. The van der Waals surface area contributed by atoms with Crippen LogP contribution in [0.2, 0.25) is 0 Å². The van der Waals surface area contributed by atoms with Gasteiger partial charge in [0.05, 0.1) is 30.8 Å². The van der Waals surface area contributed by atoms with E-state index in [0.717, 1.165) is 12.0 Å². The molecule has 3 N–H and O–H groups in total. The number of hydrogen-bond acceptors (Lipinski definition) is 8. The van der Waals surface area contributed by atoms with Crippen molar-refractivity contribution in [2.24, 2.45) is 17.8 Å². The summed E-state index contributed by atoms with van der Waals surface area (Å²) in [7, 11) is 0. The highest BCUT2D eigenvalue weighted by Gasteiger charge is 2.44. The average molecular weight is 535 g/mol. The smallest absolute Gasteiger partial charge is 0.309 e. The van der Waals surface area contributed by atoms with Gasteiger partial charge in [0, 0.05) is 18.8 Å². The lowest BCUT2D eigenvalue weighted by Crippen LogP contribution is -2.40. The van der Waals surface area contributed by atoms with Crippen LogP contribution in [0.3, 0.4) is 0 Å². The molecule has 0 saturated carbocycles. The topological polar surface area (TPSA) is 126 Å². The number of carbonyl (C=O) groups is 2. The van der Waals surface area contributed by atoms with Crippen LogP contribution >= 0.6 is 0 Å². The molecule has 0 spiro atoms. The number of esters is 2. The van der Waals surface area contributed by atoms with Gasteiger partial charge < -0.3 is 29.5 Å². The molecule has 0 aromatic heterocycles. The SMILES string of the molecule is CCC(O)C(C)C1OC1CC(C)/C=C/C=C(\C)C1OC(=O)CC(O)/C=C\C(C)(O)C(OC(C)=O)/C=C\C1C. The molecule has 0 radical (unpaired) electrons. The van der Waals surface area contributed by atoms with Crippen molar-refractivity contribution in [2.45, 2.75) is 110 Å². The van der Waals surface area contributed by atoms with Crippen LogP contribution in [0.25, 0.3) is 0 Å². The molecule has 2 rings (SSSR count). The third-order valence-electron chi connectivity index (χ3n) is 7.24. The molecule has 2 aliphatic heterocycles. The van der Waals surface area contributed by atoms with Gasteiger partial charge in [-0.25, -0.2) is 0 Å². The lowest BCUT2D eigenvalue weighted by Gasteiger charge is -2.29. The quantitative estimate of drug-likeness (QED) is 0.177. The number of aliphatic hydroxyl groups excluding tert-OH is 2. The molecule has 2 heterocycles. The number of cyclic esters (lactones) is 1. The second-order valence-electron chi connectivity index (χ2n) is 11.0. The van der Waals surface area contributed by atoms with Crippen molar-refractivity contribution in [3.8, 4) is 0 Å². The van der Waals surface area contributed by atoms with E-state index in [2.05, 4.69) is 13.0 Å². The van der Waals surface area contributed by atoms with Gasteiger partial charge in [0.25, 0.3) is 0 Å². The Morgan fingerprint density at radius 2 is 1.95 bits per heavy atom. The lowest BCUT2D eigenvalue weighted by molar-refractivity contribution is -0.152. The van der Waals surface area contributed by atoms with Gasteiger partial charge in [-0.1, -0.05) is 64.2 Å². The van der Waals surface area contributed by atoms with Gasteiger partial charge >= 0.3 is 11.9 Å². The van der Waals surface area contributed by atoms with Gasteiger partial charge in [0.1, 0.15) is 11.7 Å². The predicted octanol–water partition coefficient (Wildman–Crippen LogP) is 3.80. The summed E-state index contributed by atoms with van der Waals surface area (Å²) in [6.07, 6.45) is 10.3. The second kappa shape index (κ2) is 14.2. The maximum Gasteiger partial charge on any atom is 0.309 e. The molecule has 10 atom stereocenters. The number of aliphatic hydroxyl groups is 3. The fraction of sp³-hybridized carbons (Fsp3) is 0.667. The van der Waals surface area contributed by atoms with E-state index in [0.29, 0.717) is 6.42 Å². The van der Waals surface area contributed by atoms with Crippen LogP contribution in [0.15, 0.2) is 48.1 Å². The van der Waals surface area contributed by atoms with Gasteiger partial charge in [-0.3, -0.25) is 9.59 Å². The standard InChI is InChI=1S/C30H46O8/c1-8-24(33)21(5)29-25(37-29)16-18(2)10-9-11-19(3)28-20(4)12-13-26(36-22(6)31)30(7,35)15-14-23(32)17-27(34)38-28/h9-15,18,20-21,23-26,28-29,32-33,35H,8,16-17H2,1-7H3/b10-9+,13-12-,15-14-,19-11+. The van der Waals surface area contributed by atoms with Crippen LogP contribution < -0.4 is 0 Å². The molecule has 0 bridgehead atoms. The number of allylic oxidation sites excluding steroid dienone is 3. The Morgan fingerprint density at radius 1 is 1.26 bits per heavy atom. The summed E-state index contributed by atoms with van der Waals surface area (Å²) in [6, 6.07) is 0. The van der Waals surface area contributed by atoms with E-state index in [-0.39, 0.29) is 42.5 Å². The van der Waals surface area contributed by atoms with Crippen LogP contribution in [-0.2, 0) is 23.8 Å². The maximum atomic E-state index is 12.6. The number of hydrogen-bond donors (Lipinski definition) is 3. The third-order valence-corrected chi connectivity index (χ3v) is 7.24. The van der Waals surface area contributed by atoms with E-state index in [9.17, 15) is 24.9 Å². The number of rotatable bonds is 9. The number of ether oxygens (including phenoxy) is 3. The normalized spacial score (nSPS) is 36.8. The summed E-state index contributed by atoms with van der Waals surface area (Å²) < 4.78 is 16.9. The highest BCUT2D eigenvalue weighted by Crippen LogP contribution is 2.36. The molecular formula is C30H46O8. The number of carbonyl (C=O) groups excluding carboxylic acids is 2. The molecule has 0 aromatic carbocycles. The monoisotopic (exact) mass is 534 g/mol. The van der Waals surface area contributed by atoms with Crippen molar-refractivity contribution < 1.29 is 39.1 Å². The highest BCUT2D eigenvalue weighted by molar-refractivity contribution is 5.71. The van der Waals surface area contributed by atoms with Crippen molar-refractivity contribution in [3.05, 3.63) is 48.1 Å². The second-order valence-corrected chi connectivity index (χ2v) is 11.0. The van der Waals surface area contributed by atoms with Crippen molar-refractivity contribution >= 4 is 11.9 Å². The van der Waals surface area contributed by atoms with E-state index in [4.69, 9.17) is 14.2 Å². The zero-order valence-corrected chi connectivity index (χ0v) is 23.7. The first-order valence-electron chi connectivity index (χ1n) is 13.6. The van der Waals surface area contributed by atoms with Crippen molar-refractivity contribution in [2.75, 3.05) is 0 Å². The van der Waals surface area contributed by atoms with Crippen molar-refractivity contribution in [1.29, 1.82) is 0 Å². The fourth-order valence-corrected chi connectivity index (χ4v) is 4.69. The zero-order chi connectivity index (χ0) is 28.6. The molecule has 2 aliphatic rings. The zero-order valence-electron chi connectivity index (χ0n) is 23.7. The summed E-state index contributed by atoms with van der Waals surface area (Å²) in [4.78, 5) is 24.2. The average Bonchev–Trinajstić information content (AvgIpc) is 3.60. The predicted molar refractivity (Wildman–Crippen MR) is 145 cm³/mol. The maximum absolute atomic E-state index is 12.6. The minimum atomic E-state index is -1.58. The summed E-state index contributed by atoms with van der Waals surface area (Å²) in [6.45, 7) is 12.6. The van der Waals surface area contributed by atoms with Crippen LogP contribution in [-0.4, -0.2) is 69.5 Å². The van der Waals surface area contributed by atoms with Crippen molar-refractivity contribution in [3.63, 3.8) is 0 Å². The molecule has 1 fully saturated rings. The Bertz CT molecular complexity index is 917. The molecule has 1 saturated heterocycles.